The van der Waals surface area contributed by atoms with E-state index >= 15 is 0 Å². The van der Waals surface area contributed by atoms with Crippen molar-refractivity contribution in [2.24, 2.45) is 4.99 Å². The van der Waals surface area contributed by atoms with Crippen molar-refractivity contribution in [3.8, 4) is 11.5 Å². The molecule has 3 N–H and O–H groups in total. The zero-order valence-electron chi connectivity index (χ0n) is 16.8. The number of nitrogens with one attached hydrogen (secondary N) is 3. The highest BCUT2D eigenvalue weighted by atomic mass is 19.2. The fraction of sp³-hybridized carbons (Fsp3) is 0.300. The molecule has 0 aliphatic heterocycles. The molecule has 0 heterocycles. The molecule has 2 aromatic carbocycles. The molecule has 0 aliphatic carbocycles. The maximum Gasteiger partial charge on any atom is 0.246 e. The lowest BCUT2D eigenvalue weighted by Gasteiger charge is -2.14. The Hall–Kier alpha value is -3.43. The van der Waals surface area contributed by atoms with Gasteiger partial charge in [-0.3, -0.25) is 4.79 Å². The molecule has 0 spiro atoms. The quantitative estimate of drug-likeness (QED) is 0.343. The number of nitrogens with zero attached hydrogens (tertiary/aromatic N) is 1. The first-order valence-electron chi connectivity index (χ1n) is 9.19. The SMILES string of the molecule is CCNC(=NCC(=O)Nc1ccc(F)c(F)c1F)Nc1ccc(OCC)c(OC)c1. The minimum absolute atomic E-state index is 0.282. The van der Waals surface area contributed by atoms with Gasteiger partial charge in [-0.25, -0.2) is 18.2 Å². The van der Waals surface area contributed by atoms with Gasteiger partial charge < -0.3 is 25.4 Å². The average molecular weight is 424 g/mol. The van der Waals surface area contributed by atoms with E-state index in [0.717, 1.165) is 12.1 Å². The molecule has 0 saturated heterocycles. The Morgan fingerprint density at radius 3 is 2.47 bits per heavy atom. The Balaban J connectivity index is 2.09. The second kappa shape index (κ2) is 10.9. The highest BCUT2D eigenvalue weighted by Crippen LogP contribution is 2.30. The first kappa shape index (κ1) is 22.9. The van der Waals surface area contributed by atoms with E-state index in [-0.39, 0.29) is 12.5 Å². The summed E-state index contributed by atoms with van der Waals surface area (Å²) >= 11 is 0. The minimum Gasteiger partial charge on any atom is -0.493 e. The highest BCUT2D eigenvalue weighted by molar-refractivity contribution is 5.98. The zero-order valence-corrected chi connectivity index (χ0v) is 16.8. The van der Waals surface area contributed by atoms with Crippen LogP contribution in [0.5, 0.6) is 11.5 Å². The topological polar surface area (TPSA) is 84.0 Å². The molecule has 0 aliphatic rings. The van der Waals surface area contributed by atoms with E-state index in [0.29, 0.717) is 30.3 Å². The number of anilines is 2. The first-order chi connectivity index (χ1) is 14.4. The van der Waals surface area contributed by atoms with Crippen LogP contribution in [0.25, 0.3) is 0 Å². The van der Waals surface area contributed by atoms with Crippen molar-refractivity contribution in [3.63, 3.8) is 0 Å². The Kier molecular flexibility index (Phi) is 8.33. The fourth-order valence-electron chi connectivity index (χ4n) is 2.43. The summed E-state index contributed by atoms with van der Waals surface area (Å²) in [6, 6.07) is 6.84. The molecule has 0 atom stereocenters. The summed E-state index contributed by atoms with van der Waals surface area (Å²) in [6.07, 6.45) is 0. The smallest absolute Gasteiger partial charge is 0.246 e. The van der Waals surface area contributed by atoms with Gasteiger partial charge in [-0.15, -0.1) is 0 Å². The number of hydrogen-bond acceptors (Lipinski definition) is 4. The van der Waals surface area contributed by atoms with Gasteiger partial charge in [0.05, 0.1) is 19.4 Å². The van der Waals surface area contributed by atoms with Gasteiger partial charge in [0.25, 0.3) is 0 Å². The molecule has 0 aromatic heterocycles. The molecule has 162 valence electrons. The number of hydrogen-bond donors (Lipinski definition) is 3. The van der Waals surface area contributed by atoms with Crippen LogP contribution >= 0.6 is 0 Å². The number of aliphatic imine (C=N–C) groups is 1. The number of rotatable bonds is 8. The molecule has 7 nitrogen and oxygen atoms in total. The van der Waals surface area contributed by atoms with E-state index in [1.54, 1.807) is 18.2 Å². The van der Waals surface area contributed by atoms with Crippen LogP contribution in [0.15, 0.2) is 35.3 Å². The second-order valence-corrected chi connectivity index (χ2v) is 5.89. The van der Waals surface area contributed by atoms with E-state index in [9.17, 15) is 18.0 Å². The van der Waals surface area contributed by atoms with Gasteiger partial charge in [0, 0.05) is 18.3 Å². The van der Waals surface area contributed by atoms with E-state index in [1.165, 1.54) is 7.11 Å². The summed E-state index contributed by atoms with van der Waals surface area (Å²) in [5.74, 6) is -3.79. The summed E-state index contributed by atoms with van der Waals surface area (Å²) in [5, 5.41) is 8.13. The summed E-state index contributed by atoms with van der Waals surface area (Å²) in [7, 11) is 1.52. The largest absolute Gasteiger partial charge is 0.493 e. The lowest BCUT2D eigenvalue weighted by Crippen LogP contribution is -2.32. The Morgan fingerprint density at radius 1 is 1.03 bits per heavy atom. The van der Waals surface area contributed by atoms with Crippen molar-refractivity contribution in [1.29, 1.82) is 0 Å². The predicted molar refractivity (Wildman–Crippen MR) is 109 cm³/mol. The molecule has 0 fully saturated rings. The van der Waals surface area contributed by atoms with Crippen molar-refractivity contribution in [2.45, 2.75) is 13.8 Å². The number of methoxy groups -OCH3 is 1. The number of benzene rings is 2. The Morgan fingerprint density at radius 2 is 1.80 bits per heavy atom. The van der Waals surface area contributed by atoms with Gasteiger partial charge in [0.15, 0.2) is 34.9 Å². The summed E-state index contributed by atoms with van der Waals surface area (Å²) in [5.41, 5.74) is 0.158. The summed E-state index contributed by atoms with van der Waals surface area (Å²) in [6.45, 7) is 4.31. The molecule has 10 heteroatoms. The number of amides is 1. The third-order valence-corrected chi connectivity index (χ3v) is 3.76. The maximum atomic E-state index is 13.7. The molecule has 1 amide bonds. The fourth-order valence-corrected chi connectivity index (χ4v) is 2.43. The van der Waals surface area contributed by atoms with Gasteiger partial charge in [0.2, 0.25) is 5.91 Å². The van der Waals surface area contributed by atoms with Crippen LogP contribution in [0, 0.1) is 17.5 Å². The van der Waals surface area contributed by atoms with Crippen LogP contribution < -0.4 is 25.4 Å². The molecule has 0 unspecified atom stereocenters. The van der Waals surface area contributed by atoms with E-state index in [2.05, 4.69) is 20.9 Å². The summed E-state index contributed by atoms with van der Waals surface area (Å²) in [4.78, 5) is 16.2. The molecule has 2 rings (SSSR count). The van der Waals surface area contributed by atoms with Crippen molar-refractivity contribution in [3.05, 3.63) is 47.8 Å². The minimum atomic E-state index is -1.66. The molecule has 2 aromatic rings. The van der Waals surface area contributed by atoms with Gasteiger partial charge in [0.1, 0.15) is 6.54 Å². The van der Waals surface area contributed by atoms with Crippen LogP contribution in [0.3, 0.4) is 0 Å². The predicted octanol–water partition coefficient (Wildman–Crippen LogP) is 3.53. The van der Waals surface area contributed by atoms with Gasteiger partial charge >= 0.3 is 0 Å². The van der Waals surface area contributed by atoms with E-state index in [1.807, 2.05) is 13.8 Å². The molecule has 30 heavy (non-hydrogen) atoms. The third kappa shape index (κ3) is 6.03. The number of guanidine groups is 1. The van der Waals surface area contributed by atoms with Crippen LogP contribution in [-0.4, -0.2) is 38.7 Å². The highest BCUT2D eigenvalue weighted by Gasteiger charge is 2.15. The lowest BCUT2D eigenvalue weighted by atomic mass is 10.2. The molecule has 0 radical (unpaired) electrons. The number of carbonyl (C=O) groups excluding carboxylic acids is 1. The van der Waals surface area contributed by atoms with Gasteiger partial charge in [-0.2, -0.15) is 0 Å². The van der Waals surface area contributed by atoms with Crippen molar-refractivity contribution >= 4 is 23.2 Å². The standard InChI is InChI=1S/C20H23F3N4O3/c1-4-24-20(26-12-6-9-15(30-5-2)16(10-12)29-3)25-11-17(28)27-14-8-7-13(21)18(22)19(14)23/h6-10H,4-5,11H2,1-3H3,(H,27,28)(H2,24,25,26). The number of halogens is 3. The zero-order chi connectivity index (χ0) is 22.1. The molecule has 0 saturated carbocycles. The second-order valence-electron chi connectivity index (χ2n) is 5.89. The maximum absolute atomic E-state index is 13.7. The lowest BCUT2D eigenvalue weighted by molar-refractivity contribution is -0.114. The van der Waals surface area contributed by atoms with Gasteiger partial charge in [-0.1, -0.05) is 0 Å². The van der Waals surface area contributed by atoms with Gasteiger partial charge in [-0.05, 0) is 38.1 Å². The van der Waals surface area contributed by atoms with Crippen molar-refractivity contribution < 1.29 is 27.4 Å². The first-order valence-corrected chi connectivity index (χ1v) is 9.19. The van der Waals surface area contributed by atoms with Crippen molar-refractivity contribution in [1.82, 2.24) is 5.32 Å². The van der Waals surface area contributed by atoms with Crippen LogP contribution in [0.2, 0.25) is 0 Å². The Bertz CT molecular complexity index is 922. The van der Waals surface area contributed by atoms with Crippen molar-refractivity contribution in [2.75, 3.05) is 37.4 Å². The third-order valence-electron chi connectivity index (χ3n) is 3.76. The molecule has 0 bridgehead atoms. The van der Waals surface area contributed by atoms with Crippen LogP contribution in [0.1, 0.15) is 13.8 Å². The summed E-state index contributed by atoms with van der Waals surface area (Å²) < 4.78 is 50.7. The normalized spacial score (nSPS) is 11.1. The average Bonchev–Trinajstić information content (AvgIpc) is 2.73. The van der Waals surface area contributed by atoms with E-state index in [4.69, 9.17) is 9.47 Å². The van der Waals surface area contributed by atoms with Crippen LogP contribution in [-0.2, 0) is 4.79 Å². The number of ether oxygens (including phenoxy) is 2. The molecular weight excluding hydrogens is 401 g/mol. The van der Waals surface area contributed by atoms with E-state index < -0.39 is 29.0 Å². The Labute approximate surface area is 172 Å². The molecular formula is C20H23F3N4O3. The number of carbonyl (C=O) groups is 1. The van der Waals surface area contributed by atoms with Crippen LogP contribution in [0.4, 0.5) is 24.5 Å². The monoisotopic (exact) mass is 424 g/mol.